The van der Waals surface area contributed by atoms with E-state index in [1.165, 1.54) is 16.5 Å². The summed E-state index contributed by atoms with van der Waals surface area (Å²) >= 11 is 0. The Balaban J connectivity index is 2.15. The van der Waals surface area contributed by atoms with Crippen molar-refractivity contribution in [3.63, 3.8) is 0 Å². The predicted octanol–water partition coefficient (Wildman–Crippen LogP) is 2.61. The average molecular weight is 257 g/mol. The first-order valence-corrected chi connectivity index (χ1v) is 6.72. The standard InChI is InChI=1S/C15H19N3O/c1-4-11-5-6-13-12(9-11)14(10-17(13)3)18-8-7-16(2)15(18)19/h5-6,9-10H,4,7-8H2,1-3H3. The van der Waals surface area contributed by atoms with Gasteiger partial charge in [-0.1, -0.05) is 13.0 Å². The van der Waals surface area contributed by atoms with Crippen LogP contribution in [0.4, 0.5) is 10.5 Å². The Kier molecular flexibility index (Phi) is 2.73. The molecule has 1 fully saturated rings. The molecule has 0 atom stereocenters. The first kappa shape index (κ1) is 12.1. The molecule has 2 amide bonds. The van der Waals surface area contributed by atoms with E-state index in [0.29, 0.717) is 0 Å². The molecule has 1 saturated heterocycles. The number of benzene rings is 1. The van der Waals surface area contributed by atoms with E-state index in [0.717, 1.165) is 25.2 Å². The van der Waals surface area contributed by atoms with Crippen molar-refractivity contribution in [3.05, 3.63) is 30.0 Å². The van der Waals surface area contributed by atoms with Gasteiger partial charge in [-0.2, -0.15) is 0 Å². The zero-order valence-corrected chi connectivity index (χ0v) is 11.7. The monoisotopic (exact) mass is 257 g/mol. The second-order valence-corrected chi connectivity index (χ2v) is 5.19. The molecule has 0 radical (unpaired) electrons. The van der Waals surface area contributed by atoms with Gasteiger partial charge in [0, 0.05) is 44.3 Å². The predicted molar refractivity (Wildman–Crippen MR) is 77.7 cm³/mol. The minimum atomic E-state index is 0.0920. The Hall–Kier alpha value is -1.97. The van der Waals surface area contributed by atoms with Gasteiger partial charge in [0.25, 0.3) is 0 Å². The number of nitrogens with zero attached hydrogens (tertiary/aromatic N) is 3. The van der Waals surface area contributed by atoms with Crippen LogP contribution in [0.3, 0.4) is 0 Å². The van der Waals surface area contributed by atoms with Gasteiger partial charge in [0.15, 0.2) is 0 Å². The smallest absolute Gasteiger partial charge is 0.324 e. The molecular formula is C15H19N3O. The summed E-state index contributed by atoms with van der Waals surface area (Å²) in [6.45, 7) is 3.71. The van der Waals surface area contributed by atoms with Crippen LogP contribution >= 0.6 is 0 Å². The number of fused-ring (bicyclic) bond motifs is 1. The van der Waals surface area contributed by atoms with Crippen LogP contribution in [0.15, 0.2) is 24.4 Å². The van der Waals surface area contributed by atoms with Gasteiger partial charge in [0.05, 0.1) is 5.69 Å². The molecule has 1 aromatic heterocycles. The fraction of sp³-hybridized carbons (Fsp3) is 0.400. The number of carbonyl (C=O) groups is 1. The molecule has 0 saturated carbocycles. The summed E-state index contributed by atoms with van der Waals surface area (Å²) in [7, 11) is 3.88. The van der Waals surface area contributed by atoms with E-state index < -0.39 is 0 Å². The van der Waals surface area contributed by atoms with Gasteiger partial charge in [-0.3, -0.25) is 4.90 Å². The van der Waals surface area contributed by atoms with Crippen LogP contribution in [0.25, 0.3) is 10.9 Å². The number of likely N-dealkylation sites (N-methyl/N-ethyl adjacent to an activating group) is 1. The van der Waals surface area contributed by atoms with Gasteiger partial charge >= 0.3 is 6.03 Å². The van der Waals surface area contributed by atoms with Gasteiger partial charge in [0.2, 0.25) is 0 Å². The van der Waals surface area contributed by atoms with Crippen LogP contribution in [0.2, 0.25) is 0 Å². The average Bonchev–Trinajstić information content (AvgIpc) is 2.91. The molecular weight excluding hydrogens is 238 g/mol. The van der Waals surface area contributed by atoms with E-state index in [2.05, 4.69) is 35.9 Å². The van der Waals surface area contributed by atoms with Crippen LogP contribution < -0.4 is 4.90 Å². The first-order valence-electron chi connectivity index (χ1n) is 6.72. The van der Waals surface area contributed by atoms with Crippen LogP contribution in [-0.4, -0.2) is 35.6 Å². The molecule has 0 N–H and O–H groups in total. The SMILES string of the molecule is CCc1ccc2c(c1)c(N1CCN(C)C1=O)cn2C. The van der Waals surface area contributed by atoms with Crippen molar-refractivity contribution in [2.24, 2.45) is 7.05 Å². The number of aryl methyl sites for hydroxylation is 2. The highest BCUT2D eigenvalue weighted by molar-refractivity contribution is 6.04. The second kappa shape index (κ2) is 4.30. The third-order valence-corrected chi connectivity index (χ3v) is 3.95. The Morgan fingerprint density at radius 2 is 2.00 bits per heavy atom. The third-order valence-electron chi connectivity index (χ3n) is 3.95. The Morgan fingerprint density at radius 1 is 1.21 bits per heavy atom. The highest BCUT2D eigenvalue weighted by Crippen LogP contribution is 2.31. The summed E-state index contributed by atoms with van der Waals surface area (Å²) in [5.41, 5.74) is 3.51. The van der Waals surface area contributed by atoms with Crippen molar-refractivity contribution >= 4 is 22.6 Å². The van der Waals surface area contributed by atoms with Gasteiger partial charge in [-0.15, -0.1) is 0 Å². The van der Waals surface area contributed by atoms with Crippen molar-refractivity contribution in [1.29, 1.82) is 0 Å². The van der Waals surface area contributed by atoms with E-state index in [1.807, 2.05) is 19.0 Å². The Bertz CT molecular complexity index is 644. The molecule has 4 heteroatoms. The van der Waals surface area contributed by atoms with E-state index in [9.17, 15) is 4.79 Å². The number of hydrogen-bond donors (Lipinski definition) is 0. The van der Waals surface area contributed by atoms with Crippen molar-refractivity contribution in [2.75, 3.05) is 25.0 Å². The van der Waals surface area contributed by atoms with E-state index in [-0.39, 0.29) is 6.03 Å². The fourth-order valence-corrected chi connectivity index (χ4v) is 2.72. The molecule has 4 nitrogen and oxygen atoms in total. The number of carbonyl (C=O) groups excluding carboxylic acids is 1. The number of amides is 2. The quantitative estimate of drug-likeness (QED) is 0.813. The van der Waals surface area contributed by atoms with Crippen LogP contribution in [0.5, 0.6) is 0 Å². The summed E-state index contributed by atoms with van der Waals surface area (Å²) in [4.78, 5) is 15.8. The molecule has 1 aromatic carbocycles. The maximum atomic E-state index is 12.2. The van der Waals surface area contributed by atoms with Gasteiger partial charge in [-0.25, -0.2) is 4.79 Å². The number of rotatable bonds is 2. The maximum Gasteiger partial charge on any atom is 0.324 e. The highest BCUT2D eigenvalue weighted by atomic mass is 16.2. The lowest BCUT2D eigenvalue weighted by Crippen LogP contribution is -2.28. The van der Waals surface area contributed by atoms with Crippen molar-refractivity contribution in [2.45, 2.75) is 13.3 Å². The molecule has 1 aliphatic rings. The zero-order valence-electron chi connectivity index (χ0n) is 11.7. The van der Waals surface area contributed by atoms with E-state index >= 15 is 0 Å². The molecule has 0 bridgehead atoms. The normalized spacial score (nSPS) is 15.8. The summed E-state index contributed by atoms with van der Waals surface area (Å²) in [5.74, 6) is 0. The molecule has 100 valence electrons. The van der Waals surface area contributed by atoms with Gasteiger partial charge < -0.3 is 9.47 Å². The molecule has 3 rings (SSSR count). The largest absolute Gasteiger partial charge is 0.348 e. The number of aromatic nitrogens is 1. The maximum absolute atomic E-state index is 12.2. The summed E-state index contributed by atoms with van der Waals surface area (Å²) in [5, 5.41) is 1.17. The Morgan fingerprint density at radius 3 is 2.63 bits per heavy atom. The zero-order chi connectivity index (χ0) is 13.6. The van der Waals surface area contributed by atoms with Crippen molar-refractivity contribution in [3.8, 4) is 0 Å². The lowest BCUT2D eigenvalue weighted by atomic mass is 10.1. The molecule has 0 spiro atoms. The minimum absolute atomic E-state index is 0.0920. The molecule has 0 aliphatic carbocycles. The summed E-state index contributed by atoms with van der Waals surface area (Å²) in [6, 6.07) is 6.59. The number of hydrogen-bond acceptors (Lipinski definition) is 1. The lowest BCUT2D eigenvalue weighted by Gasteiger charge is -2.15. The van der Waals surface area contributed by atoms with Crippen molar-refractivity contribution in [1.82, 2.24) is 9.47 Å². The lowest BCUT2D eigenvalue weighted by molar-refractivity contribution is 0.229. The first-order chi connectivity index (χ1) is 9.11. The van der Waals surface area contributed by atoms with Crippen LogP contribution in [0, 0.1) is 0 Å². The summed E-state index contributed by atoms with van der Waals surface area (Å²) < 4.78 is 2.09. The summed E-state index contributed by atoms with van der Waals surface area (Å²) in [6.07, 6.45) is 3.07. The van der Waals surface area contributed by atoms with E-state index in [4.69, 9.17) is 0 Å². The molecule has 19 heavy (non-hydrogen) atoms. The fourth-order valence-electron chi connectivity index (χ4n) is 2.72. The second-order valence-electron chi connectivity index (χ2n) is 5.19. The highest BCUT2D eigenvalue weighted by Gasteiger charge is 2.28. The number of urea groups is 1. The molecule has 2 aromatic rings. The molecule has 0 unspecified atom stereocenters. The van der Waals surface area contributed by atoms with Crippen LogP contribution in [-0.2, 0) is 13.5 Å². The van der Waals surface area contributed by atoms with Gasteiger partial charge in [-0.05, 0) is 24.1 Å². The van der Waals surface area contributed by atoms with Gasteiger partial charge in [0.1, 0.15) is 0 Å². The van der Waals surface area contributed by atoms with E-state index in [1.54, 1.807) is 4.90 Å². The molecule has 2 heterocycles. The third kappa shape index (κ3) is 1.79. The topological polar surface area (TPSA) is 28.5 Å². The number of anilines is 1. The van der Waals surface area contributed by atoms with Crippen molar-refractivity contribution < 1.29 is 4.79 Å². The minimum Gasteiger partial charge on any atom is -0.348 e. The van der Waals surface area contributed by atoms with Crippen LogP contribution in [0.1, 0.15) is 12.5 Å². The Labute approximate surface area is 113 Å². The molecule has 1 aliphatic heterocycles.